The van der Waals surface area contributed by atoms with Gasteiger partial charge in [0, 0.05) is 21.7 Å². The van der Waals surface area contributed by atoms with Crippen LogP contribution in [0.3, 0.4) is 0 Å². The maximum Gasteiger partial charge on any atom is 0.251 e. The zero-order valence-corrected chi connectivity index (χ0v) is 10.8. The van der Waals surface area contributed by atoms with E-state index in [0.29, 0.717) is 15.6 Å². The second kappa shape index (κ2) is 5.71. The Morgan fingerprint density at radius 3 is 2.35 bits per heavy atom. The van der Waals surface area contributed by atoms with E-state index in [0.717, 1.165) is 25.9 Å². The number of hydrogen-bond acceptors (Lipinski definition) is 2. The molecule has 1 aliphatic rings. The zero-order chi connectivity index (χ0) is 12.3. The van der Waals surface area contributed by atoms with Gasteiger partial charge in [0.1, 0.15) is 0 Å². The number of carbonyl (C=O) groups excluding carboxylic acids is 1. The van der Waals surface area contributed by atoms with E-state index in [-0.39, 0.29) is 11.9 Å². The number of amides is 1. The molecule has 0 saturated carbocycles. The third-order valence-corrected chi connectivity index (χ3v) is 3.24. The predicted molar refractivity (Wildman–Crippen MR) is 69.8 cm³/mol. The topological polar surface area (TPSA) is 41.1 Å². The van der Waals surface area contributed by atoms with Gasteiger partial charge in [0.25, 0.3) is 5.91 Å². The van der Waals surface area contributed by atoms with Crippen molar-refractivity contribution in [3.63, 3.8) is 0 Å². The van der Waals surface area contributed by atoms with E-state index in [2.05, 4.69) is 10.6 Å². The van der Waals surface area contributed by atoms with Crippen LogP contribution in [-0.4, -0.2) is 25.0 Å². The van der Waals surface area contributed by atoms with Gasteiger partial charge in [-0.2, -0.15) is 0 Å². The summed E-state index contributed by atoms with van der Waals surface area (Å²) in [6.45, 7) is 1.89. The monoisotopic (exact) mass is 272 g/mol. The molecule has 0 aliphatic carbocycles. The fourth-order valence-electron chi connectivity index (χ4n) is 1.92. The maximum absolute atomic E-state index is 12.0. The van der Waals surface area contributed by atoms with E-state index in [1.807, 2.05) is 0 Å². The van der Waals surface area contributed by atoms with Gasteiger partial charge in [-0.05, 0) is 44.1 Å². The lowest BCUT2D eigenvalue weighted by atomic mass is 10.1. The van der Waals surface area contributed by atoms with E-state index >= 15 is 0 Å². The van der Waals surface area contributed by atoms with Crippen LogP contribution in [0.4, 0.5) is 0 Å². The molecule has 1 aromatic rings. The standard InChI is InChI=1S/C12H14Cl2N2O/c13-9-5-8(6-10(14)7-9)12(17)16-11-1-3-15-4-2-11/h5-7,11,15H,1-4H2,(H,16,17). The van der Waals surface area contributed by atoms with Crippen LogP contribution in [0.25, 0.3) is 0 Å². The molecule has 1 amide bonds. The summed E-state index contributed by atoms with van der Waals surface area (Å²) < 4.78 is 0. The average Bonchev–Trinajstić information content (AvgIpc) is 2.29. The van der Waals surface area contributed by atoms with Crippen molar-refractivity contribution in [1.82, 2.24) is 10.6 Å². The number of rotatable bonds is 2. The highest BCUT2D eigenvalue weighted by atomic mass is 35.5. The van der Waals surface area contributed by atoms with E-state index in [1.54, 1.807) is 18.2 Å². The van der Waals surface area contributed by atoms with Gasteiger partial charge < -0.3 is 10.6 Å². The number of carbonyl (C=O) groups is 1. The molecule has 1 fully saturated rings. The number of benzene rings is 1. The molecule has 0 radical (unpaired) electrons. The molecule has 1 saturated heterocycles. The van der Waals surface area contributed by atoms with Crippen molar-refractivity contribution in [3.05, 3.63) is 33.8 Å². The van der Waals surface area contributed by atoms with Crippen LogP contribution in [0, 0.1) is 0 Å². The molecule has 1 heterocycles. The van der Waals surface area contributed by atoms with Gasteiger partial charge in [0.15, 0.2) is 0 Å². The van der Waals surface area contributed by atoms with Gasteiger partial charge in [-0.25, -0.2) is 0 Å². The fraction of sp³-hybridized carbons (Fsp3) is 0.417. The van der Waals surface area contributed by atoms with E-state index in [1.165, 1.54) is 0 Å². The lowest BCUT2D eigenvalue weighted by molar-refractivity contribution is 0.0929. The van der Waals surface area contributed by atoms with Gasteiger partial charge in [-0.3, -0.25) is 4.79 Å². The van der Waals surface area contributed by atoms with Gasteiger partial charge in [0.2, 0.25) is 0 Å². The van der Waals surface area contributed by atoms with Crippen LogP contribution >= 0.6 is 23.2 Å². The normalized spacial score (nSPS) is 16.8. The van der Waals surface area contributed by atoms with Gasteiger partial charge >= 0.3 is 0 Å². The minimum Gasteiger partial charge on any atom is -0.349 e. The van der Waals surface area contributed by atoms with Gasteiger partial charge in [0.05, 0.1) is 0 Å². The summed E-state index contributed by atoms with van der Waals surface area (Å²) in [6, 6.07) is 5.11. The maximum atomic E-state index is 12.0. The van der Waals surface area contributed by atoms with Crippen molar-refractivity contribution in [3.8, 4) is 0 Å². The second-order valence-electron chi connectivity index (χ2n) is 4.16. The highest BCUT2D eigenvalue weighted by Gasteiger charge is 2.16. The van der Waals surface area contributed by atoms with Crippen LogP contribution in [0.15, 0.2) is 18.2 Å². The Kier molecular flexibility index (Phi) is 4.26. The number of hydrogen-bond donors (Lipinski definition) is 2. The van der Waals surface area contributed by atoms with E-state index in [9.17, 15) is 4.79 Å². The molecule has 0 spiro atoms. The molecule has 5 heteroatoms. The molecule has 17 heavy (non-hydrogen) atoms. The molecule has 1 aromatic carbocycles. The number of nitrogens with one attached hydrogen (secondary N) is 2. The summed E-state index contributed by atoms with van der Waals surface area (Å²) in [5.41, 5.74) is 0.515. The highest BCUT2D eigenvalue weighted by Crippen LogP contribution is 2.19. The predicted octanol–water partition coefficient (Wildman–Crippen LogP) is 2.48. The molecule has 2 N–H and O–H groups in total. The molecule has 2 rings (SSSR count). The van der Waals surface area contributed by atoms with Crippen LogP contribution < -0.4 is 10.6 Å². The van der Waals surface area contributed by atoms with Crippen LogP contribution in [-0.2, 0) is 0 Å². The van der Waals surface area contributed by atoms with E-state index in [4.69, 9.17) is 23.2 Å². The summed E-state index contributed by atoms with van der Waals surface area (Å²) >= 11 is 11.7. The van der Waals surface area contributed by atoms with Crippen molar-refractivity contribution >= 4 is 29.1 Å². The Balaban J connectivity index is 2.03. The SMILES string of the molecule is O=C(NC1CCNCC1)c1cc(Cl)cc(Cl)c1. The molecular formula is C12H14Cl2N2O. The molecule has 1 aliphatic heterocycles. The summed E-state index contributed by atoms with van der Waals surface area (Å²) in [4.78, 5) is 12.0. The van der Waals surface area contributed by atoms with Crippen molar-refractivity contribution < 1.29 is 4.79 Å². The molecule has 0 bridgehead atoms. The zero-order valence-electron chi connectivity index (χ0n) is 9.30. The average molecular weight is 273 g/mol. The van der Waals surface area contributed by atoms with Crippen molar-refractivity contribution in [2.24, 2.45) is 0 Å². The minimum absolute atomic E-state index is 0.110. The number of halogens is 2. The van der Waals surface area contributed by atoms with Crippen LogP contribution in [0.5, 0.6) is 0 Å². The summed E-state index contributed by atoms with van der Waals surface area (Å²) in [5, 5.41) is 7.20. The second-order valence-corrected chi connectivity index (χ2v) is 5.03. The minimum atomic E-state index is -0.110. The third-order valence-electron chi connectivity index (χ3n) is 2.80. The summed E-state index contributed by atoms with van der Waals surface area (Å²) in [7, 11) is 0. The van der Waals surface area contributed by atoms with Crippen molar-refractivity contribution in [1.29, 1.82) is 0 Å². The van der Waals surface area contributed by atoms with Crippen LogP contribution in [0.2, 0.25) is 10.0 Å². The lowest BCUT2D eigenvalue weighted by Gasteiger charge is -2.23. The Morgan fingerprint density at radius 1 is 1.18 bits per heavy atom. The van der Waals surface area contributed by atoms with Crippen molar-refractivity contribution in [2.45, 2.75) is 18.9 Å². The van der Waals surface area contributed by atoms with Gasteiger partial charge in [-0.1, -0.05) is 23.2 Å². The quantitative estimate of drug-likeness (QED) is 0.869. The first kappa shape index (κ1) is 12.7. The van der Waals surface area contributed by atoms with Crippen LogP contribution in [0.1, 0.15) is 23.2 Å². The molecular weight excluding hydrogens is 259 g/mol. The first-order valence-electron chi connectivity index (χ1n) is 5.63. The lowest BCUT2D eigenvalue weighted by Crippen LogP contribution is -2.42. The molecule has 0 unspecified atom stereocenters. The molecule has 92 valence electrons. The summed E-state index contributed by atoms with van der Waals surface area (Å²) in [5.74, 6) is -0.110. The Hall–Kier alpha value is -0.770. The Morgan fingerprint density at radius 2 is 1.76 bits per heavy atom. The third kappa shape index (κ3) is 3.60. The molecule has 3 nitrogen and oxygen atoms in total. The largest absolute Gasteiger partial charge is 0.349 e. The Labute approximate surface area is 110 Å². The first-order valence-corrected chi connectivity index (χ1v) is 6.38. The fourth-order valence-corrected chi connectivity index (χ4v) is 2.45. The summed E-state index contributed by atoms with van der Waals surface area (Å²) in [6.07, 6.45) is 1.92. The number of piperidine rings is 1. The Bertz CT molecular complexity index is 397. The first-order chi connectivity index (χ1) is 8.15. The van der Waals surface area contributed by atoms with Gasteiger partial charge in [-0.15, -0.1) is 0 Å². The smallest absolute Gasteiger partial charge is 0.251 e. The van der Waals surface area contributed by atoms with Crippen molar-refractivity contribution in [2.75, 3.05) is 13.1 Å². The molecule has 0 atom stereocenters. The molecule has 0 aromatic heterocycles. The highest BCUT2D eigenvalue weighted by molar-refractivity contribution is 6.35. The van der Waals surface area contributed by atoms with E-state index < -0.39 is 0 Å².